The summed E-state index contributed by atoms with van der Waals surface area (Å²) in [6.45, 7) is 9.25. The number of aromatic nitrogens is 1. The molecular formula is C15H20ClN3O2. The zero-order valence-electron chi connectivity index (χ0n) is 12.9. The number of pyridine rings is 1. The summed E-state index contributed by atoms with van der Waals surface area (Å²) in [5.74, 6) is -0.00619. The Morgan fingerprint density at radius 3 is 2.52 bits per heavy atom. The van der Waals surface area contributed by atoms with Crippen LogP contribution in [-0.4, -0.2) is 22.6 Å². The van der Waals surface area contributed by atoms with E-state index < -0.39 is 11.6 Å². The van der Waals surface area contributed by atoms with E-state index in [9.17, 15) is 4.79 Å². The lowest BCUT2D eigenvalue weighted by molar-refractivity contribution is -0.156. The molecule has 21 heavy (non-hydrogen) atoms. The second-order valence-electron chi connectivity index (χ2n) is 6.07. The summed E-state index contributed by atoms with van der Waals surface area (Å²) >= 11 is 6.07. The van der Waals surface area contributed by atoms with Gasteiger partial charge in [-0.25, -0.2) is 9.78 Å². The zero-order valence-corrected chi connectivity index (χ0v) is 13.7. The van der Waals surface area contributed by atoms with Crippen molar-refractivity contribution in [2.75, 3.05) is 5.32 Å². The SMILES string of the molecule is CC(C)[C@@H](Nc1ncc(C#N)cc1Cl)C(=O)OC(C)(C)C. The molecule has 1 rings (SSSR count). The second-order valence-corrected chi connectivity index (χ2v) is 6.47. The van der Waals surface area contributed by atoms with E-state index >= 15 is 0 Å². The number of halogens is 1. The maximum atomic E-state index is 12.2. The standard InChI is InChI=1S/C15H20ClN3O2/c1-9(2)12(14(20)21-15(3,4)5)19-13-11(16)6-10(7-17)8-18-13/h6,8-9,12H,1-5H3,(H,18,19)/t12-/m1/s1. The number of rotatable bonds is 4. The summed E-state index contributed by atoms with van der Waals surface area (Å²) < 4.78 is 5.39. The zero-order chi connectivity index (χ0) is 16.2. The molecule has 1 heterocycles. The van der Waals surface area contributed by atoms with Crippen molar-refractivity contribution in [1.29, 1.82) is 5.26 Å². The maximum Gasteiger partial charge on any atom is 0.329 e. The first-order valence-electron chi connectivity index (χ1n) is 6.69. The topological polar surface area (TPSA) is 75.0 Å². The molecule has 0 saturated carbocycles. The molecule has 0 unspecified atom stereocenters. The molecule has 1 N–H and O–H groups in total. The Hall–Kier alpha value is -1.80. The minimum atomic E-state index is -0.567. The van der Waals surface area contributed by atoms with Gasteiger partial charge >= 0.3 is 5.97 Å². The molecule has 5 nitrogen and oxygen atoms in total. The van der Waals surface area contributed by atoms with Crippen LogP contribution in [0.1, 0.15) is 40.2 Å². The summed E-state index contributed by atoms with van der Waals surface area (Å²) in [7, 11) is 0. The van der Waals surface area contributed by atoms with Crippen molar-refractivity contribution in [3.63, 3.8) is 0 Å². The minimum absolute atomic E-state index is 0.00615. The Bertz CT molecular complexity index is 559. The molecule has 0 fully saturated rings. The fraction of sp³-hybridized carbons (Fsp3) is 0.533. The number of hydrogen-bond acceptors (Lipinski definition) is 5. The summed E-state index contributed by atoms with van der Waals surface area (Å²) in [4.78, 5) is 16.3. The molecule has 0 aliphatic rings. The highest BCUT2D eigenvalue weighted by molar-refractivity contribution is 6.33. The van der Waals surface area contributed by atoms with Crippen LogP contribution in [0.15, 0.2) is 12.3 Å². The number of nitrogens with zero attached hydrogens (tertiary/aromatic N) is 2. The number of carbonyl (C=O) groups is 1. The van der Waals surface area contributed by atoms with Crippen molar-refractivity contribution in [1.82, 2.24) is 4.98 Å². The van der Waals surface area contributed by atoms with Crippen LogP contribution in [0.5, 0.6) is 0 Å². The minimum Gasteiger partial charge on any atom is -0.458 e. The lowest BCUT2D eigenvalue weighted by Crippen LogP contribution is -2.40. The van der Waals surface area contributed by atoms with Crippen LogP contribution in [-0.2, 0) is 9.53 Å². The van der Waals surface area contributed by atoms with Gasteiger partial charge in [0.25, 0.3) is 0 Å². The van der Waals surface area contributed by atoms with Gasteiger partial charge in [-0.3, -0.25) is 0 Å². The number of ether oxygens (including phenoxy) is 1. The average molecular weight is 310 g/mol. The van der Waals surface area contributed by atoms with E-state index in [2.05, 4.69) is 10.3 Å². The van der Waals surface area contributed by atoms with Crippen LogP contribution in [0.25, 0.3) is 0 Å². The summed E-state index contributed by atoms with van der Waals surface area (Å²) in [6.07, 6.45) is 1.40. The van der Waals surface area contributed by atoms with Crippen molar-refractivity contribution in [2.45, 2.75) is 46.3 Å². The number of hydrogen-bond donors (Lipinski definition) is 1. The predicted molar refractivity (Wildman–Crippen MR) is 82.1 cm³/mol. The van der Waals surface area contributed by atoms with Gasteiger partial charge in [0.2, 0.25) is 0 Å². The molecule has 0 aliphatic carbocycles. The lowest BCUT2D eigenvalue weighted by atomic mass is 10.0. The molecule has 0 bridgehead atoms. The summed E-state index contributed by atoms with van der Waals surface area (Å²) in [5.41, 5.74) is -0.197. The van der Waals surface area contributed by atoms with Crippen molar-refractivity contribution in [3.05, 3.63) is 22.8 Å². The normalized spacial score (nSPS) is 12.7. The third-order valence-electron chi connectivity index (χ3n) is 2.59. The molecule has 6 heteroatoms. The largest absolute Gasteiger partial charge is 0.458 e. The van der Waals surface area contributed by atoms with Gasteiger partial charge in [-0.15, -0.1) is 0 Å². The molecular weight excluding hydrogens is 290 g/mol. The molecule has 1 aromatic rings. The van der Waals surface area contributed by atoms with Crippen molar-refractivity contribution >= 4 is 23.4 Å². The van der Waals surface area contributed by atoms with E-state index in [1.54, 1.807) is 0 Å². The molecule has 0 aliphatic heterocycles. The van der Waals surface area contributed by atoms with E-state index in [0.717, 1.165) is 0 Å². The monoisotopic (exact) mass is 309 g/mol. The highest BCUT2D eigenvalue weighted by Crippen LogP contribution is 2.23. The molecule has 0 aromatic carbocycles. The fourth-order valence-corrected chi connectivity index (χ4v) is 1.84. The van der Waals surface area contributed by atoms with Crippen LogP contribution in [0.4, 0.5) is 5.82 Å². The molecule has 114 valence electrons. The first kappa shape index (κ1) is 17.3. The number of carbonyl (C=O) groups excluding carboxylic acids is 1. The number of nitriles is 1. The van der Waals surface area contributed by atoms with Crippen molar-refractivity contribution in [2.24, 2.45) is 5.92 Å². The van der Waals surface area contributed by atoms with Crippen LogP contribution in [0.3, 0.4) is 0 Å². The van der Waals surface area contributed by atoms with Gasteiger partial charge in [-0.05, 0) is 32.8 Å². The fourth-order valence-electron chi connectivity index (χ4n) is 1.62. The Morgan fingerprint density at radius 2 is 2.10 bits per heavy atom. The Morgan fingerprint density at radius 1 is 1.48 bits per heavy atom. The van der Waals surface area contributed by atoms with E-state index in [1.807, 2.05) is 40.7 Å². The number of anilines is 1. The van der Waals surface area contributed by atoms with Crippen LogP contribution >= 0.6 is 11.6 Å². The van der Waals surface area contributed by atoms with Gasteiger partial charge < -0.3 is 10.1 Å². The van der Waals surface area contributed by atoms with Crippen LogP contribution in [0.2, 0.25) is 5.02 Å². The van der Waals surface area contributed by atoms with Gasteiger partial charge in [0, 0.05) is 6.20 Å². The van der Waals surface area contributed by atoms with E-state index in [4.69, 9.17) is 21.6 Å². The average Bonchev–Trinajstić information content (AvgIpc) is 2.34. The molecule has 0 saturated heterocycles. The summed E-state index contributed by atoms with van der Waals surface area (Å²) in [6, 6.07) is 2.89. The number of esters is 1. The Kier molecular flexibility index (Phi) is 5.56. The van der Waals surface area contributed by atoms with Crippen molar-refractivity contribution in [3.8, 4) is 6.07 Å². The van der Waals surface area contributed by atoms with E-state index in [-0.39, 0.29) is 11.9 Å². The van der Waals surface area contributed by atoms with Gasteiger partial charge in [0.15, 0.2) is 0 Å². The van der Waals surface area contributed by atoms with Gasteiger partial charge in [0.05, 0.1) is 10.6 Å². The Balaban J connectivity index is 2.94. The molecule has 0 spiro atoms. The highest BCUT2D eigenvalue weighted by atomic mass is 35.5. The predicted octanol–water partition coefficient (Wildman–Crippen LogP) is 3.38. The Labute approximate surface area is 130 Å². The molecule has 0 radical (unpaired) electrons. The second kappa shape index (κ2) is 6.77. The summed E-state index contributed by atoms with van der Waals surface area (Å²) in [5, 5.41) is 12.1. The van der Waals surface area contributed by atoms with Gasteiger partial charge in [-0.2, -0.15) is 5.26 Å². The van der Waals surface area contributed by atoms with Crippen molar-refractivity contribution < 1.29 is 9.53 Å². The molecule has 0 amide bonds. The van der Waals surface area contributed by atoms with Crippen LogP contribution in [0, 0.1) is 17.2 Å². The number of nitrogens with one attached hydrogen (secondary N) is 1. The smallest absolute Gasteiger partial charge is 0.329 e. The first-order valence-corrected chi connectivity index (χ1v) is 7.07. The maximum absolute atomic E-state index is 12.2. The highest BCUT2D eigenvalue weighted by Gasteiger charge is 2.28. The van der Waals surface area contributed by atoms with Gasteiger partial charge in [-0.1, -0.05) is 25.4 Å². The van der Waals surface area contributed by atoms with E-state index in [1.165, 1.54) is 12.3 Å². The lowest BCUT2D eigenvalue weighted by Gasteiger charge is -2.27. The van der Waals surface area contributed by atoms with Crippen LogP contribution < -0.4 is 5.32 Å². The molecule has 1 atom stereocenters. The quantitative estimate of drug-likeness (QED) is 0.863. The van der Waals surface area contributed by atoms with E-state index in [0.29, 0.717) is 16.4 Å². The van der Waals surface area contributed by atoms with Gasteiger partial charge in [0.1, 0.15) is 23.5 Å². The molecule has 1 aromatic heterocycles. The third-order valence-corrected chi connectivity index (χ3v) is 2.88. The first-order chi connectivity index (χ1) is 9.64. The third kappa shape index (κ3) is 5.24.